The SMILES string of the molecule is CC(C)c1nn(C)c(Cl)c1C(=O)N1CCO[C@@H](C(=O)O)C1. The molecule has 2 rings (SSSR count). The number of morpholine rings is 1. The molecule has 1 aromatic heterocycles. The maximum Gasteiger partial charge on any atom is 0.334 e. The number of amides is 1. The van der Waals surface area contributed by atoms with Gasteiger partial charge in [0.1, 0.15) is 5.15 Å². The molecule has 0 aliphatic carbocycles. The first-order valence-corrected chi connectivity index (χ1v) is 7.06. The summed E-state index contributed by atoms with van der Waals surface area (Å²) in [7, 11) is 1.67. The minimum atomic E-state index is -1.08. The summed E-state index contributed by atoms with van der Waals surface area (Å²) >= 11 is 6.18. The monoisotopic (exact) mass is 315 g/mol. The summed E-state index contributed by atoms with van der Waals surface area (Å²) in [5.41, 5.74) is 0.964. The van der Waals surface area contributed by atoms with Gasteiger partial charge >= 0.3 is 5.97 Å². The highest BCUT2D eigenvalue weighted by atomic mass is 35.5. The molecule has 1 aliphatic rings. The van der Waals surface area contributed by atoms with Gasteiger partial charge in [-0.1, -0.05) is 25.4 Å². The predicted molar refractivity (Wildman–Crippen MR) is 75.6 cm³/mol. The zero-order valence-electron chi connectivity index (χ0n) is 12.2. The number of aliphatic carboxylic acids is 1. The van der Waals surface area contributed by atoms with Gasteiger partial charge in [-0.25, -0.2) is 4.79 Å². The van der Waals surface area contributed by atoms with E-state index < -0.39 is 12.1 Å². The number of aromatic nitrogens is 2. The van der Waals surface area contributed by atoms with Crippen LogP contribution in [0.15, 0.2) is 0 Å². The van der Waals surface area contributed by atoms with Crippen LogP contribution in [-0.2, 0) is 16.6 Å². The van der Waals surface area contributed by atoms with Gasteiger partial charge in [0.25, 0.3) is 5.91 Å². The van der Waals surface area contributed by atoms with Gasteiger partial charge in [0.05, 0.1) is 24.4 Å². The van der Waals surface area contributed by atoms with Crippen LogP contribution in [0.3, 0.4) is 0 Å². The molecule has 1 N–H and O–H groups in total. The fourth-order valence-corrected chi connectivity index (χ4v) is 2.48. The number of carboxylic acids is 1. The number of ether oxygens (including phenoxy) is 1. The Kier molecular flexibility index (Phi) is 4.53. The number of carboxylic acid groups (broad SMARTS) is 1. The molecule has 1 saturated heterocycles. The van der Waals surface area contributed by atoms with Crippen molar-refractivity contribution in [3.63, 3.8) is 0 Å². The minimum absolute atomic E-state index is 0.0108. The van der Waals surface area contributed by atoms with Gasteiger partial charge in [-0.15, -0.1) is 0 Å². The highest BCUT2D eigenvalue weighted by Crippen LogP contribution is 2.27. The molecule has 0 radical (unpaired) electrons. The second-order valence-corrected chi connectivity index (χ2v) is 5.64. The smallest absolute Gasteiger partial charge is 0.334 e. The highest BCUT2D eigenvalue weighted by molar-refractivity contribution is 6.33. The van der Waals surface area contributed by atoms with E-state index in [9.17, 15) is 9.59 Å². The fourth-order valence-electron chi connectivity index (χ4n) is 2.27. The Morgan fingerprint density at radius 2 is 2.14 bits per heavy atom. The average Bonchev–Trinajstić information content (AvgIpc) is 2.74. The molecule has 2 heterocycles. The summed E-state index contributed by atoms with van der Waals surface area (Å²) in [4.78, 5) is 25.1. The van der Waals surface area contributed by atoms with Gasteiger partial charge in [-0.2, -0.15) is 5.10 Å². The topological polar surface area (TPSA) is 84.7 Å². The molecule has 1 amide bonds. The van der Waals surface area contributed by atoms with E-state index >= 15 is 0 Å². The van der Waals surface area contributed by atoms with Crippen LogP contribution in [-0.4, -0.2) is 57.5 Å². The lowest BCUT2D eigenvalue weighted by atomic mass is 10.1. The van der Waals surface area contributed by atoms with Gasteiger partial charge in [0.2, 0.25) is 0 Å². The molecule has 21 heavy (non-hydrogen) atoms. The third kappa shape index (κ3) is 3.03. The maximum absolute atomic E-state index is 12.7. The third-order valence-electron chi connectivity index (χ3n) is 3.39. The molecule has 0 spiro atoms. The van der Waals surface area contributed by atoms with Crippen LogP contribution in [0.5, 0.6) is 0 Å². The second kappa shape index (κ2) is 6.03. The van der Waals surface area contributed by atoms with Crippen molar-refractivity contribution in [3.05, 3.63) is 16.4 Å². The summed E-state index contributed by atoms with van der Waals surface area (Å²) in [5.74, 6) is -1.33. The first-order valence-electron chi connectivity index (χ1n) is 6.69. The van der Waals surface area contributed by atoms with Crippen LogP contribution in [0.1, 0.15) is 35.8 Å². The zero-order chi connectivity index (χ0) is 15.7. The van der Waals surface area contributed by atoms with Crippen LogP contribution in [0, 0.1) is 0 Å². The van der Waals surface area contributed by atoms with Crippen molar-refractivity contribution in [2.45, 2.75) is 25.9 Å². The van der Waals surface area contributed by atoms with Crippen LogP contribution in [0.2, 0.25) is 5.15 Å². The van der Waals surface area contributed by atoms with E-state index in [2.05, 4.69) is 5.10 Å². The van der Waals surface area contributed by atoms with Crippen molar-refractivity contribution in [3.8, 4) is 0 Å². The van der Waals surface area contributed by atoms with Gasteiger partial charge in [0, 0.05) is 13.6 Å². The molecule has 1 aromatic rings. The lowest BCUT2D eigenvalue weighted by molar-refractivity contribution is -0.154. The molecule has 0 bridgehead atoms. The number of aryl methyl sites for hydroxylation is 1. The first-order chi connectivity index (χ1) is 9.82. The Morgan fingerprint density at radius 1 is 1.48 bits per heavy atom. The molecule has 116 valence electrons. The van der Waals surface area contributed by atoms with E-state index in [0.717, 1.165) is 0 Å². The van der Waals surface area contributed by atoms with E-state index in [1.54, 1.807) is 7.05 Å². The second-order valence-electron chi connectivity index (χ2n) is 5.28. The molecule has 0 saturated carbocycles. The Bertz CT molecular complexity index is 570. The average molecular weight is 316 g/mol. The maximum atomic E-state index is 12.7. The Labute approximate surface area is 127 Å². The molecular formula is C13H18ClN3O4. The first kappa shape index (κ1) is 15.8. The van der Waals surface area contributed by atoms with E-state index in [0.29, 0.717) is 17.8 Å². The highest BCUT2D eigenvalue weighted by Gasteiger charge is 2.33. The summed E-state index contributed by atoms with van der Waals surface area (Å²) in [6.07, 6.45) is -0.999. The van der Waals surface area contributed by atoms with Gasteiger partial charge in [0.15, 0.2) is 6.10 Å². The molecule has 0 unspecified atom stereocenters. The minimum Gasteiger partial charge on any atom is -0.479 e. The summed E-state index contributed by atoms with van der Waals surface area (Å²) in [5, 5.41) is 13.5. The number of hydrogen-bond donors (Lipinski definition) is 1. The third-order valence-corrected chi connectivity index (χ3v) is 3.83. The number of nitrogens with zero attached hydrogens (tertiary/aromatic N) is 3. The van der Waals surface area contributed by atoms with Crippen molar-refractivity contribution in [1.29, 1.82) is 0 Å². The fraction of sp³-hybridized carbons (Fsp3) is 0.615. The summed E-state index contributed by atoms with van der Waals surface area (Å²) < 4.78 is 6.58. The summed E-state index contributed by atoms with van der Waals surface area (Å²) in [6.45, 7) is 4.39. The van der Waals surface area contributed by atoms with Crippen molar-refractivity contribution >= 4 is 23.5 Å². The number of rotatable bonds is 3. The van der Waals surface area contributed by atoms with Gasteiger partial charge in [-0.3, -0.25) is 9.48 Å². The molecule has 1 atom stereocenters. The van der Waals surface area contributed by atoms with Crippen LogP contribution in [0.25, 0.3) is 0 Å². The van der Waals surface area contributed by atoms with Crippen molar-refractivity contribution < 1.29 is 19.4 Å². The van der Waals surface area contributed by atoms with Crippen molar-refractivity contribution in [2.75, 3.05) is 19.7 Å². The zero-order valence-corrected chi connectivity index (χ0v) is 12.9. The Hall–Kier alpha value is -1.60. The van der Waals surface area contributed by atoms with Gasteiger partial charge < -0.3 is 14.7 Å². The summed E-state index contributed by atoms with van der Waals surface area (Å²) in [6, 6.07) is 0. The van der Waals surface area contributed by atoms with Crippen molar-refractivity contribution in [1.82, 2.24) is 14.7 Å². The number of carbonyl (C=O) groups is 2. The molecule has 7 nitrogen and oxygen atoms in total. The molecule has 1 aliphatic heterocycles. The lowest BCUT2D eigenvalue weighted by Crippen LogP contribution is -2.48. The number of hydrogen-bond acceptors (Lipinski definition) is 4. The molecular weight excluding hydrogens is 298 g/mol. The molecule has 1 fully saturated rings. The largest absolute Gasteiger partial charge is 0.479 e. The van der Waals surface area contributed by atoms with Crippen molar-refractivity contribution in [2.24, 2.45) is 7.05 Å². The standard InChI is InChI=1S/C13H18ClN3O4/c1-7(2)10-9(11(14)16(3)15-10)12(18)17-4-5-21-8(6-17)13(19)20/h7-8H,4-6H2,1-3H3,(H,19,20)/t8-/m1/s1. The quantitative estimate of drug-likeness (QED) is 0.903. The van der Waals surface area contributed by atoms with Crippen LogP contribution < -0.4 is 0 Å². The number of carbonyl (C=O) groups excluding carboxylic acids is 1. The van der Waals surface area contributed by atoms with E-state index in [1.165, 1.54) is 9.58 Å². The van der Waals surface area contributed by atoms with E-state index in [1.807, 2.05) is 13.8 Å². The predicted octanol–water partition coefficient (Wildman–Crippen LogP) is 1.12. The van der Waals surface area contributed by atoms with Gasteiger partial charge in [-0.05, 0) is 5.92 Å². The number of halogens is 1. The normalized spacial score (nSPS) is 19.1. The van der Waals surface area contributed by atoms with Crippen LogP contribution in [0.4, 0.5) is 0 Å². The molecule has 0 aromatic carbocycles. The Morgan fingerprint density at radius 3 is 2.71 bits per heavy atom. The lowest BCUT2D eigenvalue weighted by Gasteiger charge is -2.31. The van der Waals surface area contributed by atoms with E-state index in [4.69, 9.17) is 21.4 Å². The van der Waals surface area contributed by atoms with Crippen LogP contribution >= 0.6 is 11.6 Å². The van der Waals surface area contributed by atoms with E-state index in [-0.39, 0.29) is 30.1 Å². The Balaban J connectivity index is 2.30. The molecule has 8 heteroatoms.